The standard InChI is InChI=1S/C16H27N5O2/c1-12(2)15(22)17-7-5-8-18-16(23)21-9-4-3-6-14(21)13-10-19-20-11-13/h10-12,14H,3-9H2,1-2H3,(H,17,22)(H,18,23)(H,19,20)/t14-/m0/s1. The molecule has 3 amide bonds. The molecule has 0 saturated carbocycles. The highest BCUT2D eigenvalue weighted by molar-refractivity contribution is 5.77. The number of likely N-dealkylation sites (tertiary alicyclic amines) is 1. The maximum Gasteiger partial charge on any atom is 0.317 e. The highest BCUT2D eigenvalue weighted by Gasteiger charge is 2.28. The lowest BCUT2D eigenvalue weighted by Gasteiger charge is -2.35. The van der Waals surface area contributed by atoms with E-state index in [0.29, 0.717) is 13.1 Å². The number of hydrogen-bond acceptors (Lipinski definition) is 3. The zero-order valence-electron chi connectivity index (χ0n) is 14.0. The normalized spacial score (nSPS) is 18.0. The van der Waals surface area contributed by atoms with Crippen LogP contribution in [0.15, 0.2) is 12.4 Å². The number of urea groups is 1. The third-order valence-electron chi connectivity index (χ3n) is 4.12. The van der Waals surface area contributed by atoms with Gasteiger partial charge in [-0.25, -0.2) is 4.79 Å². The van der Waals surface area contributed by atoms with E-state index in [4.69, 9.17) is 0 Å². The van der Waals surface area contributed by atoms with Gasteiger partial charge < -0.3 is 15.5 Å². The number of H-pyrrole nitrogens is 1. The molecule has 0 aromatic carbocycles. The molecule has 0 aliphatic carbocycles. The Kier molecular flexibility index (Phi) is 6.43. The number of aromatic amines is 1. The van der Waals surface area contributed by atoms with Crippen LogP contribution in [0.3, 0.4) is 0 Å². The van der Waals surface area contributed by atoms with Crippen LogP contribution in [-0.4, -0.2) is 46.7 Å². The summed E-state index contributed by atoms with van der Waals surface area (Å²) in [7, 11) is 0. The maximum absolute atomic E-state index is 12.4. The number of amides is 3. The van der Waals surface area contributed by atoms with Crippen LogP contribution in [0.4, 0.5) is 4.79 Å². The van der Waals surface area contributed by atoms with Gasteiger partial charge in [0.05, 0.1) is 12.2 Å². The predicted octanol–water partition coefficient (Wildman–Crippen LogP) is 1.81. The van der Waals surface area contributed by atoms with Crippen LogP contribution in [0.5, 0.6) is 0 Å². The molecule has 2 heterocycles. The highest BCUT2D eigenvalue weighted by Crippen LogP contribution is 2.30. The molecular formula is C16H27N5O2. The first-order valence-electron chi connectivity index (χ1n) is 8.40. The first kappa shape index (κ1) is 17.3. The predicted molar refractivity (Wildman–Crippen MR) is 87.7 cm³/mol. The van der Waals surface area contributed by atoms with Gasteiger partial charge >= 0.3 is 6.03 Å². The van der Waals surface area contributed by atoms with Gasteiger partial charge in [0.1, 0.15) is 0 Å². The first-order valence-corrected chi connectivity index (χ1v) is 8.40. The molecule has 1 fully saturated rings. The minimum absolute atomic E-state index is 0.00587. The van der Waals surface area contributed by atoms with Gasteiger partial charge in [0.15, 0.2) is 0 Å². The van der Waals surface area contributed by atoms with Crippen molar-refractivity contribution in [1.82, 2.24) is 25.7 Å². The molecule has 7 nitrogen and oxygen atoms in total. The van der Waals surface area contributed by atoms with Crippen molar-refractivity contribution in [1.29, 1.82) is 0 Å². The van der Waals surface area contributed by atoms with Crippen LogP contribution < -0.4 is 10.6 Å². The van der Waals surface area contributed by atoms with Crippen molar-refractivity contribution in [2.24, 2.45) is 5.92 Å². The Balaban J connectivity index is 1.74. The van der Waals surface area contributed by atoms with Crippen molar-refractivity contribution in [3.05, 3.63) is 18.0 Å². The minimum atomic E-state index is -0.0360. The SMILES string of the molecule is CC(C)C(=O)NCCCNC(=O)N1CCCC[C@H]1c1cn[nH]c1. The molecule has 1 aromatic rings. The Hall–Kier alpha value is -2.05. The molecule has 1 aliphatic rings. The number of aromatic nitrogens is 2. The Morgan fingerprint density at radius 3 is 2.83 bits per heavy atom. The fraction of sp³-hybridized carbons (Fsp3) is 0.688. The fourth-order valence-electron chi connectivity index (χ4n) is 2.77. The molecule has 0 unspecified atom stereocenters. The summed E-state index contributed by atoms with van der Waals surface area (Å²) in [6, 6.07) is 0.0641. The minimum Gasteiger partial charge on any atom is -0.356 e. The van der Waals surface area contributed by atoms with E-state index in [1.54, 1.807) is 6.20 Å². The van der Waals surface area contributed by atoms with Gasteiger partial charge in [-0.05, 0) is 25.7 Å². The fourth-order valence-corrected chi connectivity index (χ4v) is 2.77. The molecule has 1 atom stereocenters. The molecule has 128 valence electrons. The molecule has 7 heteroatoms. The maximum atomic E-state index is 12.4. The summed E-state index contributed by atoms with van der Waals surface area (Å²) >= 11 is 0. The van der Waals surface area contributed by atoms with E-state index in [-0.39, 0.29) is 23.9 Å². The third-order valence-corrected chi connectivity index (χ3v) is 4.12. The van der Waals surface area contributed by atoms with Crippen molar-refractivity contribution in [3.63, 3.8) is 0 Å². The van der Waals surface area contributed by atoms with Crippen LogP contribution in [0.2, 0.25) is 0 Å². The van der Waals surface area contributed by atoms with E-state index in [1.807, 2.05) is 24.9 Å². The molecule has 1 saturated heterocycles. The zero-order valence-corrected chi connectivity index (χ0v) is 14.0. The second-order valence-corrected chi connectivity index (χ2v) is 6.27. The van der Waals surface area contributed by atoms with Crippen molar-refractivity contribution in [2.45, 2.75) is 45.6 Å². The summed E-state index contributed by atoms with van der Waals surface area (Å²) in [4.78, 5) is 25.7. The van der Waals surface area contributed by atoms with Crippen LogP contribution in [0.1, 0.15) is 51.1 Å². The number of hydrogen-bond donors (Lipinski definition) is 3. The molecule has 3 N–H and O–H groups in total. The van der Waals surface area contributed by atoms with Crippen molar-refractivity contribution < 1.29 is 9.59 Å². The van der Waals surface area contributed by atoms with Gasteiger partial charge in [-0.3, -0.25) is 9.89 Å². The summed E-state index contributed by atoms with van der Waals surface area (Å²) < 4.78 is 0. The molecule has 0 radical (unpaired) electrons. The molecule has 1 aromatic heterocycles. The monoisotopic (exact) mass is 321 g/mol. The van der Waals surface area contributed by atoms with Crippen LogP contribution in [-0.2, 0) is 4.79 Å². The lowest BCUT2D eigenvalue weighted by atomic mass is 9.98. The number of piperidine rings is 1. The highest BCUT2D eigenvalue weighted by atomic mass is 16.2. The van der Waals surface area contributed by atoms with Gasteiger partial charge in [-0.15, -0.1) is 0 Å². The number of nitrogens with zero attached hydrogens (tertiary/aromatic N) is 2. The van der Waals surface area contributed by atoms with Gasteiger partial charge in [0.25, 0.3) is 0 Å². The molecule has 23 heavy (non-hydrogen) atoms. The van der Waals surface area contributed by atoms with Gasteiger partial charge in [-0.1, -0.05) is 13.8 Å². The largest absolute Gasteiger partial charge is 0.356 e. The van der Waals surface area contributed by atoms with Crippen LogP contribution in [0, 0.1) is 5.92 Å². The number of carbonyl (C=O) groups excluding carboxylic acids is 2. The zero-order chi connectivity index (χ0) is 16.7. The summed E-state index contributed by atoms with van der Waals surface area (Å²) in [6.07, 6.45) is 7.51. The summed E-state index contributed by atoms with van der Waals surface area (Å²) in [5.41, 5.74) is 1.06. The number of rotatable bonds is 6. The topological polar surface area (TPSA) is 90.1 Å². The van der Waals surface area contributed by atoms with Crippen LogP contribution >= 0.6 is 0 Å². The second kappa shape index (κ2) is 8.55. The van der Waals surface area contributed by atoms with Crippen molar-refractivity contribution >= 4 is 11.9 Å². The lowest BCUT2D eigenvalue weighted by Crippen LogP contribution is -2.45. The van der Waals surface area contributed by atoms with Crippen molar-refractivity contribution in [2.75, 3.05) is 19.6 Å². The number of nitrogens with one attached hydrogen (secondary N) is 3. The second-order valence-electron chi connectivity index (χ2n) is 6.27. The molecular weight excluding hydrogens is 294 g/mol. The quantitative estimate of drug-likeness (QED) is 0.698. The van der Waals surface area contributed by atoms with E-state index >= 15 is 0 Å². The van der Waals surface area contributed by atoms with E-state index < -0.39 is 0 Å². The summed E-state index contributed by atoms with van der Waals surface area (Å²) in [6.45, 7) is 5.65. The summed E-state index contributed by atoms with van der Waals surface area (Å²) in [5, 5.41) is 12.6. The Bertz CT molecular complexity index is 501. The molecule has 1 aliphatic heterocycles. The van der Waals surface area contributed by atoms with E-state index in [9.17, 15) is 9.59 Å². The van der Waals surface area contributed by atoms with E-state index in [2.05, 4.69) is 20.8 Å². The smallest absolute Gasteiger partial charge is 0.317 e. The third kappa shape index (κ3) is 4.97. The molecule has 0 spiro atoms. The van der Waals surface area contributed by atoms with E-state index in [0.717, 1.165) is 37.8 Å². The van der Waals surface area contributed by atoms with Crippen LogP contribution in [0.25, 0.3) is 0 Å². The Labute approximate surface area is 137 Å². The Morgan fingerprint density at radius 2 is 2.13 bits per heavy atom. The molecule has 2 rings (SSSR count). The van der Waals surface area contributed by atoms with Crippen molar-refractivity contribution in [3.8, 4) is 0 Å². The number of carbonyl (C=O) groups is 2. The van der Waals surface area contributed by atoms with Gasteiger partial charge in [-0.2, -0.15) is 5.10 Å². The van der Waals surface area contributed by atoms with Gasteiger partial charge in [0, 0.05) is 37.3 Å². The first-order chi connectivity index (χ1) is 11.1. The van der Waals surface area contributed by atoms with Gasteiger partial charge in [0.2, 0.25) is 5.91 Å². The lowest BCUT2D eigenvalue weighted by molar-refractivity contribution is -0.123. The summed E-state index contributed by atoms with van der Waals surface area (Å²) in [5.74, 6) is 0.0426. The van der Waals surface area contributed by atoms with E-state index in [1.165, 1.54) is 0 Å². The average molecular weight is 321 g/mol. The average Bonchev–Trinajstić information content (AvgIpc) is 3.08. The Morgan fingerprint density at radius 1 is 1.35 bits per heavy atom. The molecule has 0 bridgehead atoms.